The van der Waals surface area contributed by atoms with Gasteiger partial charge in [0.05, 0.1) is 20.8 Å². The van der Waals surface area contributed by atoms with Crippen LogP contribution in [0.2, 0.25) is 0 Å². The molecular weight excluding hydrogens is 432 g/mol. The van der Waals surface area contributed by atoms with Gasteiger partial charge < -0.3 is 29.9 Å². The number of anilines is 1. The molecule has 1 aromatic heterocycles. The number of carbonyl (C=O) groups excluding carboxylic acids is 1. The van der Waals surface area contributed by atoms with Gasteiger partial charge in [0.2, 0.25) is 5.91 Å². The van der Waals surface area contributed by atoms with Gasteiger partial charge in [0.15, 0.2) is 11.5 Å². The van der Waals surface area contributed by atoms with E-state index in [1.54, 1.807) is 14.2 Å². The fourth-order valence-corrected chi connectivity index (χ4v) is 3.13. The highest BCUT2D eigenvalue weighted by atomic mass is 16.5. The molecule has 1 saturated heterocycles. The molecule has 11 nitrogen and oxygen atoms in total. The average molecular weight is 460 g/mol. The fraction of sp³-hybridized carbons (Fsp3) is 0.364. The minimum absolute atomic E-state index is 0.0241. The number of aliphatic carboxylic acids is 2. The number of pyridine rings is 1. The Balaban J connectivity index is 0.000000569. The van der Waals surface area contributed by atoms with Gasteiger partial charge in [0, 0.05) is 38.9 Å². The number of methoxy groups -OCH3 is 2. The molecule has 1 amide bonds. The molecule has 1 aliphatic rings. The monoisotopic (exact) mass is 460 g/mol. The number of rotatable bonds is 7. The molecule has 178 valence electrons. The lowest BCUT2D eigenvalue weighted by atomic mass is 10.2. The summed E-state index contributed by atoms with van der Waals surface area (Å²) in [4.78, 5) is 39.3. The van der Waals surface area contributed by atoms with Crippen molar-refractivity contribution in [2.75, 3.05) is 51.8 Å². The lowest BCUT2D eigenvalue weighted by Gasteiger charge is -2.34. The molecule has 0 aliphatic carbocycles. The first-order chi connectivity index (χ1) is 15.8. The van der Waals surface area contributed by atoms with Crippen molar-refractivity contribution in [2.24, 2.45) is 0 Å². The van der Waals surface area contributed by atoms with E-state index in [2.05, 4.69) is 20.1 Å². The lowest BCUT2D eigenvalue weighted by molar-refractivity contribution is -0.159. The predicted molar refractivity (Wildman–Crippen MR) is 120 cm³/mol. The maximum atomic E-state index is 12.3. The van der Waals surface area contributed by atoms with Crippen molar-refractivity contribution in [3.8, 4) is 11.5 Å². The molecule has 1 aromatic carbocycles. The van der Waals surface area contributed by atoms with Crippen molar-refractivity contribution in [2.45, 2.75) is 6.54 Å². The fourth-order valence-electron chi connectivity index (χ4n) is 3.13. The quantitative estimate of drug-likeness (QED) is 0.505. The van der Waals surface area contributed by atoms with Gasteiger partial charge in [-0.3, -0.25) is 9.69 Å². The SMILES string of the molecule is COc1ccc(CNC(=O)CN2CCN(c3ccccn3)CC2)cc1OC.O=C(O)C(=O)O. The molecule has 11 heteroatoms. The number of ether oxygens (including phenoxy) is 2. The molecule has 2 aromatic rings. The third-order valence-corrected chi connectivity index (χ3v) is 4.83. The summed E-state index contributed by atoms with van der Waals surface area (Å²) in [5.41, 5.74) is 0.973. The van der Waals surface area contributed by atoms with Gasteiger partial charge in [-0.25, -0.2) is 14.6 Å². The third-order valence-electron chi connectivity index (χ3n) is 4.83. The lowest BCUT2D eigenvalue weighted by Crippen LogP contribution is -2.49. The van der Waals surface area contributed by atoms with Crippen LogP contribution in [-0.4, -0.2) is 84.9 Å². The predicted octanol–water partition coefficient (Wildman–Crippen LogP) is 0.693. The van der Waals surface area contributed by atoms with Gasteiger partial charge in [-0.1, -0.05) is 12.1 Å². The van der Waals surface area contributed by atoms with Crippen LogP contribution in [0.25, 0.3) is 0 Å². The molecule has 0 saturated carbocycles. The Kier molecular flexibility index (Phi) is 9.90. The van der Waals surface area contributed by atoms with E-state index in [-0.39, 0.29) is 5.91 Å². The van der Waals surface area contributed by atoms with E-state index < -0.39 is 11.9 Å². The second-order valence-corrected chi connectivity index (χ2v) is 7.03. The largest absolute Gasteiger partial charge is 0.493 e. The van der Waals surface area contributed by atoms with Crippen molar-refractivity contribution in [1.29, 1.82) is 0 Å². The molecule has 3 N–H and O–H groups in total. The Labute approximate surface area is 191 Å². The molecule has 2 heterocycles. The van der Waals surface area contributed by atoms with Crippen LogP contribution >= 0.6 is 0 Å². The van der Waals surface area contributed by atoms with E-state index in [0.717, 1.165) is 37.6 Å². The zero-order valence-electron chi connectivity index (χ0n) is 18.6. The molecule has 1 fully saturated rings. The minimum Gasteiger partial charge on any atom is -0.493 e. The van der Waals surface area contributed by atoms with Crippen molar-refractivity contribution in [3.63, 3.8) is 0 Å². The molecule has 3 rings (SSSR count). The van der Waals surface area contributed by atoms with Crippen LogP contribution in [0.5, 0.6) is 11.5 Å². The highest BCUT2D eigenvalue weighted by Gasteiger charge is 2.19. The van der Waals surface area contributed by atoms with Crippen molar-refractivity contribution in [1.82, 2.24) is 15.2 Å². The summed E-state index contributed by atoms with van der Waals surface area (Å²) in [6.07, 6.45) is 1.81. The van der Waals surface area contributed by atoms with Crippen LogP contribution in [0.3, 0.4) is 0 Å². The zero-order valence-corrected chi connectivity index (χ0v) is 18.6. The Morgan fingerprint density at radius 3 is 2.18 bits per heavy atom. The number of amides is 1. The molecule has 0 spiro atoms. The number of carbonyl (C=O) groups is 3. The van der Waals surface area contributed by atoms with E-state index in [1.165, 1.54) is 0 Å². The van der Waals surface area contributed by atoms with Crippen molar-refractivity contribution < 1.29 is 34.1 Å². The van der Waals surface area contributed by atoms with Crippen LogP contribution in [0, 0.1) is 0 Å². The second-order valence-electron chi connectivity index (χ2n) is 7.03. The van der Waals surface area contributed by atoms with Crippen LogP contribution in [0.4, 0.5) is 5.82 Å². The van der Waals surface area contributed by atoms with Gasteiger partial charge in [-0.15, -0.1) is 0 Å². The smallest absolute Gasteiger partial charge is 0.414 e. The number of nitrogens with one attached hydrogen (secondary N) is 1. The minimum atomic E-state index is -1.82. The summed E-state index contributed by atoms with van der Waals surface area (Å²) in [5, 5.41) is 17.8. The first-order valence-electron chi connectivity index (χ1n) is 10.2. The van der Waals surface area contributed by atoms with Crippen molar-refractivity contribution >= 4 is 23.7 Å². The number of hydrogen-bond acceptors (Lipinski definition) is 8. The van der Waals surface area contributed by atoms with Crippen molar-refractivity contribution in [3.05, 3.63) is 48.2 Å². The molecular formula is C22H28N4O7. The summed E-state index contributed by atoms with van der Waals surface area (Å²) in [7, 11) is 3.21. The van der Waals surface area contributed by atoms with Gasteiger partial charge in [0.25, 0.3) is 0 Å². The summed E-state index contributed by atoms with van der Waals surface area (Å²) in [5.74, 6) is -1.29. The van der Waals surface area contributed by atoms with Crippen LogP contribution in [0.1, 0.15) is 5.56 Å². The van der Waals surface area contributed by atoms with Crippen LogP contribution in [-0.2, 0) is 20.9 Å². The number of benzene rings is 1. The summed E-state index contributed by atoms with van der Waals surface area (Å²) in [6, 6.07) is 11.6. The van der Waals surface area contributed by atoms with Crippen LogP contribution < -0.4 is 19.7 Å². The summed E-state index contributed by atoms with van der Waals surface area (Å²) in [6.45, 7) is 4.32. The topological polar surface area (TPSA) is 142 Å². The van der Waals surface area contributed by atoms with E-state index in [0.29, 0.717) is 24.6 Å². The van der Waals surface area contributed by atoms with Gasteiger partial charge in [-0.2, -0.15) is 0 Å². The first-order valence-corrected chi connectivity index (χ1v) is 10.2. The Morgan fingerprint density at radius 1 is 0.970 bits per heavy atom. The number of aromatic nitrogens is 1. The average Bonchev–Trinajstić information content (AvgIpc) is 2.84. The number of piperazine rings is 1. The second kappa shape index (κ2) is 12.9. The Hall–Kier alpha value is -3.86. The van der Waals surface area contributed by atoms with E-state index in [4.69, 9.17) is 29.3 Å². The third kappa shape index (κ3) is 8.30. The maximum absolute atomic E-state index is 12.3. The molecule has 0 radical (unpaired) electrons. The van der Waals surface area contributed by atoms with E-state index >= 15 is 0 Å². The highest BCUT2D eigenvalue weighted by Crippen LogP contribution is 2.27. The van der Waals surface area contributed by atoms with E-state index in [1.807, 2.05) is 42.6 Å². The van der Waals surface area contributed by atoms with E-state index in [9.17, 15) is 4.79 Å². The summed E-state index contributed by atoms with van der Waals surface area (Å²) >= 11 is 0. The van der Waals surface area contributed by atoms with Gasteiger partial charge in [-0.05, 0) is 29.8 Å². The standard InChI is InChI=1S/C20H26N4O3.C2H2O4/c1-26-17-7-6-16(13-18(17)27-2)14-22-20(25)15-23-9-11-24(12-10-23)19-5-3-4-8-21-19;3-1(4)2(5)6/h3-8,13H,9-12,14-15H2,1-2H3,(H,22,25);(H,3,4)(H,5,6). The number of carboxylic acid groups (broad SMARTS) is 2. The molecule has 0 bridgehead atoms. The molecule has 0 unspecified atom stereocenters. The Morgan fingerprint density at radius 2 is 1.64 bits per heavy atom. The number of hydrogen-bond donors (Lipinski definition) is 3. The normalized spacial score (nSPS) is 13.3. The maximum Gasteiger partial charge on any atom is 0.414 e. The highest BCUT2D eigenvalue weighted by molar-refractivity contribution is 6.27. The van der Waals surface area contributed by atoms with Crippen LogP contribution in [0.15, 0.2) is 42.6 Å². The van der Waals surface area contributed by atoms with Gasteiger partial charge >= 0.3 is 11.9 Å². The Bertz CT molecular complexity index is 920. The summed E-state index contributed by atoms with van der Waals surface area (Å²) < 4.78 is 10.5. The number of nitrogens with zero attached hydrogens (tertiary/aromatic N) is 3. The molecule has 0 atom stereocenters. The van der Waals surface area contributed by atoms with Gasteiger partial charge in [0.1, 0.15) is 5.82 Å². The molecule has 33 heavy (non-hydrogen) atoms. The molecule has 1 aliphatic heterocycles. The zero-order chi connectivity index (χ0) is 24.2. The number of carboxylic acids is 2. The first kappa shape index (κ1) is 25.4.